The van der Waals surface area contributed by atoms with Crippen LogP contribution in [0.4, 0.5) is 5.69 Å². The van der Waals surface area contributed by atoms with Crippen molar-refractivity contribution >= 4 is 54.9 Å². The number of nitrogens with two attached hydrogens (primary N) is 1. The molecular weight excluding hydrogens is 464 g/mol. The van der Waals surface area contributed by atoms with Gasteiger partial charge in [0.2, 0.25) is 15.9 Å². The van der Waals surface area contributed by atoms with E-state index in [1.165, 1.54) is 36.0 Å². The molecule has 3 N–H and O–H groups in total. The van der Waals surface area contributed by atoms with E-state index in [0.717, 1.165) is 25.7 Å². The van der Waals surface area contributed by atoms with Crippen molar-refractivity contribution in [1.82, 2.24) is 9.97 Å². The van der Waals surface area contributed by atoms with Crippen molar-refractivity contribution < 1.29 is 13.2 Å². The minimum absolute atomic E-state index is 0.0107. The molecule has 10 heteroatoms. The summed E-state index contributed by atoms with van der Waals surface area (Å²) in [5.74, 6) is 0.425. The zero-order chi connectivity index (χ0) is 22.9. The molecule has 32 heavy (non-hydrogen) atoms. The number of primary sulfonamides is 1. The molecule has 0 spiro atoms. The Morgan fingerprint density at radius 3 is 2.44 bits per heavy atom. The first-order chi connectivity index (χ1) is 15.2. The quantitative estimate of drug-likeness (QED) is 0.309. The van der Waals surface area contributed by atoms with E-state index in [1.807, 2.05) is 25.1 Å². The van der Waals surface area contributed by atoms with Crippen molar-refractivity contribution in [2.24, 2.45) is 5.14 Å². The summed E-state index contributed by atoms with van der Waals surface area (Å²) in [6.45, 7) is 3.63. The van der Waals surface area contributed by atoms with Crippen molar-refractivity contribution in [1.29, 1.82) is 0 Å². The Kier molecular flexibility index (Phi) is 6.29. The predicted octanol–water partition coefficient (Wildman–Crippen LogP) is 4.43. The van der Waals surface area contributed by atoms with Gasteiger partial charge in [0, 0.05) is 16.0 Å². The van der Waals surface area contributed by atoms with E-state index in [0.29, 0.717) is 11.5 Å². The highest BCUT2D eigenvalue weighted by molar-refractivity contribution is 8.00. The van der Waals surface area contributed by atoms with E-state index in [2.05, 4.69) is 33.5 Å². The van der Waals surface area contributed by atoms with Gasteiger partial charge in [-0.2, -0.15) is 0 Å². The lowest BCUT2D eigenvalue weighted by atomic mass is 10.2. The van der Waals surface area contributed by atoms with Crippen molar-refractivity contribution in [3.63, 3.8) is 0 Å². The molecule has 2 aromatic carbocycles. The molecule has 1 amide bonds. The SMILES string of the molecule is Cc1nc(SC(C)C(=O)Nc2ccc(S(N)(=O)=O)cc2)c2cc(-c3ccccc3)sc2n1. The van der Waals surface area contributed by atoms with Crippen LogP contribution in [0, 0.1) is 6.92 Å². The monoisotopic (exact) mass is 484 g/mol. The smallest absolute Gasteiger partial charge is 0.238 e. The first-order valence-electron chi connectivity index (χ1n) is 9.65. The first-order valence-corrected chi connectivity index (χ1v) is 12.9. The fourth-order valence-corrected chi connectivity index (χ4v) is 5.65. The Hall–Kier alpha value is -2.79. The number of hydrogen-bond acceptors (Lipinski definition) is 7. The summed E-state index contributed by atoms with van der Waals surface area (Å²) in [6, 6.07) is 17.9. The number of thiophene rings is 1. The second-order valence-corrected chi connectivity index (χ2v) is 11.0. The zero-order valence-electron chi connectivity index (χ0n) is 17.3. The minimum atomic E-state index is -3.78. The molecule has 0 aliphatic carbocycles. The molecule has 1 unspecified atom stereocenters. The summed E-state index contributed by atoms with van der Waals surface area (Å²) in [4.78, 5) is 23.8. The number of sulfonamides is 1. The number of nitrogens with one attached hydrogen (secondary N) is 1. The average Bonchev–Trinajstić information content (AvgIpc) is 3.18. The lowest BCUT2D eigenvalue weighted by molar-refractivity contribution is -0.115. The maximum atomic E-state index is 12.7. The van der Waals surface area contributed by atoms with Crippen molar-refractivity contribution in [3.05, 3.63) is 66.5 Å². The van der Waals surface area contributed by atoms with Gasteiger partial charge in [0.25, 0.3) is 0 Å². The number of aromatic nitrogens is 2. The fraction of sp³-hybridized carbons (Fsp3) is 0.136. The molecule has 0 saturated heterocycles. The van der Waals surface area contributed by atoms with Gasteiger partial charge in [0.1, 0.15) is 15.7 Å². The Morgan fingerprint density at radius 2 is 1.78 bits per heavy atom. The summed E-state index contributed by atoms with van der Waals surface area (Å²) < 4.78 is 22.8. The lowest BCUT2D eigenvalue weighted by Crippen LogP contribution is -2.22. The molecule has 4 rings (SSSR count). The van der Waals surface area contributed by atoms with Gasteiger partial charge in [0.15, 0.2) is 0 Å². The standard InChI is InChI=1S/C22H20N4O3S3/c1-13(20(27)26-16-8-10-17(11-9-16)32(23,28)29)30-21-18-12-19(15-6-4-3-5-7-15)31-22(18)25-14(2)24-21/h3-13H,1-2H3,(H,26,27)(H2,23,28,29). The highest BCUT2D eigenvalue weighted by Crippen LogP contribution is 2.37. The van der Waals surface area contributed by atoms with E-state index in [4.69, 9.17) is 5.14 Å². The third kappa shape index (κ3) is 4.99. The molecule has 1 atom stereocenters. The van der Waals surface area contributed by atoms with Gasteiger partial charge >= 0.3 is 0 Å². The number of carbonyl (C=O) groups is 1. The number of fused-ring (bicyclic) bond motifs is 1. The van der Waals surface area contributed by atoms with E-state index in [9.17, 15) is 13.2 Å². The molecule has 0 aliphatic rings. The molecule has 164 valence electrons. The summed E-state index contributed by atoms with van der Waals surface area (Å²) in [7, 11) is -3.78. The van der Waals surface area contributed by atoms with Crippen molar-refractivity contribution in [3.8, 4) is 10.4 Å². The number of benzene rings is 2. The van der Waals surface area contributed by atoms with Crippen LogP contribution < -0.4 is 10.5 Å². The van der Waals surface area contributed by atoms with E-state index < -0.39 is 15.3 Å². The number of amides is 1. The molecule has 0 aliphatic heterocycles. The Labute approximate surface area is 194 Å². The largest absolute Gasteiger partial charge is 0.325 e. The Balaban J connectivity index is 1.54. The molecule has 7 nitrogen and oxygen atoms in total. The van der Waals surface area contributed by atoms with E-state index in [-0.39, 0.29) is 10.8 Å². The van der Waals surface area contributed by atoms with Gasteiger partial charge in [-0.05, 0) is 49.7 Å². The van der Waals surface area contributed by atoms with Crippen LogP contribution >= 0.6 is 23.1 Å². The molecule has 2 heterocycles. The first kappa shape index (κ1) is 22.4. The number of carbonyl (C=O) groups excluding carboxylic acids is 1. The topological polar surface area (TPSA) is 115 Å². The van der Waals surface area contributed by atoms with Crippen LogP contribution in [0.2, 0.25) is 0 Å². The number of aryl methyl sites for hydroxylation is 1. The van der Waals surface area contributed by atoms with Crippen LogP contribution in [-0.4, -0.2) is 29.5 Å². The van der Waals surface area contributed by atoms with Crippen molar-refractivity contribution in [2.75, 3.05) is 5.32 Å². The van der Waals surface area contributed by atoms with E-state index >= 15 is 0 Å². The van der Waals surface area contributed by atoms with Gasteiger partial charge in [-0.25, -0.2) is 23.5 Å². The maximum Gasteiger partial charge on any atom is 0.238 e. The van der Waals surface area contributed by atoms with Gasteiger partial charge < -0.3 is 5.32 Å². The molecule has 0 fully saturated rings. The molecule has 0 radical (unpaired) electrons. The van der Waals surface area contributed by atoms with Crippen LogP contribution in [0.5, 0.6) is 0 Å². The van der Waals surface area contributed by atoms with Gasteiger partial charge in [-0.3, -0.25) is 4.79 Å². The summed E-state index contributed by atoms with van der Waals surface area (Å²) in [5.41, 5.74) is 1.60. The van der Waals surface area contributed by atoms with Crippen LogP contribution in [0.25, 0.3) is 20.7 Å². The van der Waals surface area contributed by atoms with Crippen LogP contribution in [0.1, 0.15) is 12.7 Å². The number of rotatable bonds is 6. The number of thioether (sulfide) groups is 1. The fourth-order valence-electron chi connectivity index (χ4n) is 3.02. The average molecular weight is 485 g/mol. The number of hydrogen-bond donors (Lipinski definition) is 2. The maximum absolute atomic E-state index is 12.7. The normalized spacial score (nSPS) is 12.6. The highest BCUT2D eigenvalue weighted by Gasteiger charge is 2.19. The Morgan fingerprint density at radius 1 is 1.09 bits per heavy atom. The van der Waals surface area contributed by atoms with Crippen LogP contribution in [0.15, 0.2) is 70.6 Å². The Bertz CT molecular complexity index is 1390. The zero-order valence-corrected chi connectivity index (χ0v) is 19.7. The van der Waals surface area contributed by atoms with Crippen molar-refractivity contribution in [2.45, 2.75) is 29.0 Å². The molecular formula is C22H20N4O3S3. The lowest BCUT2D eigenvalue weighted by Gasteiger charge is -2.12. The van der Waals surface area contributed by atoms with Crippen LogP contribution in [0.3, 0.4) is 0 Å². The van der Waals surface area contributed by atoms with Gasteiger partial charge in [-0.15, -0.1) is 11.3 Å². The van der Waals surface area contributed by atoms with Gasteiger partial charge in [-0.1, -0.05) is 42.1 Å². The molecule has 0 saturated carbocycles. The third-order valence-corrected chi connectivity index (χ3v) is 7.75. The van der Waals surface area contributed by atoms with Crippen LogP contribution in [-0.2, 0) is 14.8 Å². The van der Waals surface area contributed by atoms with E-state index in [1.54, 1.807) is 18.3 Å². The third-order valence-electron chi connectivity index (χ3n) is 4.64. The number of anilines is 1. The summed E-state index contributed by atoms with van der Waals surface area (Å²) >= 11 is 2.95. The number of nitrogens with zero attached hydrogens (tertiary/aromatic N) is 2. The van der Waals surface area contributed by atoms with Gasteiger partial charge in [0.05, 0.1) is 10.1 Å². The second-order valence-electron chi connectivity index (χ2n) is 7.09. The summed E-state index contributed by atoms with van der Waals surface area (Å²) in [5, 5.41) is 9.13. The molecule has 0 bridgehead atoms. The second kappa shape index (κ2) is 8.99. The predicted molar refractivity (Wildman–Crippen MR) is 129 cm³/mol. The molecule has 4 aromatic rings. The highest BCUT2D eigenvalue weighted by atomic mass is 32.2. The summed E-state index contributed by atoms with van der Waals surface area (Å²) in [6.07, 6.45) is 0. The minimum Gasteiger partial charge on any atom is -0.325 e. The molecule has 2 aromatic heterocycles.